The highest BCUT2D eigenvalue weighted by Gasteiger charge is 2.28. The molecule has 0 saturated carbocycles. The van der Waals surface area contributed by atoms with Gasteiger partial charge < -0.3 is 10.1 Å². The van der Waals surface area contributed by atoms with Gasteiger partial charge in [0.15, 0.2) is 0 Å². The molecule has 150 valence electrons. The molecular formula is C18H17Cl3N2O4S. The van der Waals surface area contributed by atoms with Gasteiger partial charge >= 0.3 is 0 Å². The average molecular weight is 464 g/mol. The first-order valence-electron chi connectivity index (χ1n) is 8.39. The molecule has 3 rings (SSSR count). The lowest BCUT2D eigenvalue weighted by Crippen LogP contribution is -2.40. The number of hydrogen-bond acceptors (Lipinski definition) is 4. The van der Waals surface area contributed by atoms with E-state index in [9.17, 15) is 13.2 Å². The summed E-state index contributed by atoms with van der Waals surface area (Å²) in [5, 5.41) is 3.51. The van der Waals surface area contributed by atoms with Crippen molar-refractivity contribution >= 4 is 56.4 Å². The molecule has 0 unspecified atom stereocenters. The number of carbonyl (C=O) groups excluding carboxylic acids is 1. The molecule has 0 aromatic heterocycles. The number of anilines is 1. The smallest absolute Gasteiger partial charge is 0.244 e. The zero-order chi connectivity index (χ0) is 20.3. The van der Waals surface area contributed by atoms with Gasteiger partial charge in [0.1, 0.15) is 4.90 Å². The molecule has 1 heterocycles. The van der Waals surface area contributed by atoms with Gasteiger partial charge in [-0.05, 0) is 35.9 Å². The van der Waals surface area contributed by atoms with Crippen LogP contribution in [0.3, 0.4) is 0 Å². The highest BCUT2D eigenvalue weighted by Crippen LogP contribution is 2.29. The van der Waals surface area contributed by atoms with Crippen molar-refractivity contribution in [2.75, 3.05) is 31.6 Å². The van der Waals surface area contributed by atoms with Gasteiger partial charge in [0.05, 0.1) is 24.7 Å². The first kappa shape index (κ1) is 21.4. The van der Waals surface area contributed by atoms with Crippen LogP contribution in [0.1, 0.15) is 5.56 Å². The van der Waals surface area contributed by atoms with Crippen LogP contribution in [0.4, 0.5) is 5.69 Å². The third kappa shape index (κ3) is 4.79. The third-order valence-corrected chi connectivity index (χ3v) is 7.29. The number of rotatable bonds is 5. The number of morpholine rings is 1. The Balaban J connectivity index is 1.80. The Morgan fingerprint density at radius 3 is 2.32 bits per heavy atom. The van der Waals surface area contributed by atoms with Gasteiger partial charge in [0.2, 0.25) is 15.9 Å². The number of benzene rings is 2. The van der Waals surface area contributed by atoms with E-state index in [0.29, 0.717) is 34.5 Å². The molecule has 2 aromatic carbocycles. The molecule has 1 aliphatic rings. The first-order valence-corrected chi connectivity index (χ1v) is 11.0. The Kier molecular flexibility index (Phi) is 6.85. The molecule has 28 heavy (non-hydrogen) atoms. The fourth-order valence-corrected chi connectivity index (χ4v) is 5.21. The summed E-state index contributed by atoms with van der Waals surface area (Å²) in [5.74, 6) is -0.382. The van der Waals surface area contributed by atoms with Crippen LogP contribution in [0.5, 0.6) is 0 Å². The maximum absolute atomic E-state index is 12.9. The number of halogens is 3. The van der Waals surface area contributed by atoms with E-state index in [2.05, 4.69) is 5.32 Å². The summed E-state index contributed by atoms with van der Waals surface area (Å²) < 4.78 is 32.2. The molecule has 2 aromatic rings. The standard InChI is InChI=1S/C18H17Cl3N2O4S/c19-14-2-1-3-15(20)13(14)11-18(24)22-12-4-5-16(21)17(10-12)28(25,26)23-6-8-27-9-7-23/h1-5,10H,6-9,11H2,(H,22,24). The van der Waals surface area contributed by atoms with Crippen molar-refractivity contribution in [2.24, 2.45) is 0 Å². The van der Waals surface area contributed by atoms with E-state index in [-0.39, 0.29) is 35.3 Å². The largest absolute Gasteiger partial charge is 0.379 e. The fraction of sp³-hybridized carbons (Fsp3) is 0.278. The van der Waals surface area contributed by atoms with Gasteiger partial charge in [-0.3, -0.25) is 4.79 Å². The summed E-state index contributed by atoms with van der Waals surface area (Å²) in [6.45, 7) is 1.15. The van der Waals surface area contributed by atoms with Gasteiger partial charge in [-0.15, -0.1) is 0 Å². The Morgan fingerprint density at radius 2 is 1.68 bits per heavy atom. The van der Waals surface area contributed by atoms with Crippen molar-refractivity contribution in [1.82, 2.24) is 4.31 Å². The number of sulfonamides is 1. The van der Waals surface area contributed by atoms with Crippen LogP contribution in [-0.2, 0) is 26.0 Å². The summed E-state index contributed by atoms with van der Waals surface area (Å²) in [6.07, 6.45) is -0.0489. The van der Waals surface area contributed by atoms with Gasteiger partial charge in [-0.25, -0.2) is 8.42 Å². The fourth-order valence-electron chi connectivity index (χ4n) is 2.77. The lowest BCUT2D eigenvalue weighted by atomic mass is 10.1. The zero-order valence-electron chi connectivity index (χ0n) is 14.6. The molecule has 1 aliphatic heterocycles. The van der Waals surface area contributed by atoms with E-state index in [0.717, 1.165) is 0 Å². The van der Waals surface area contributed by atoms with Gasteiger partial charge in [-0.2, -0.15) is 4.31 Å². The normalized spacial score (nSPS) is 15.4. The molecule has 1 amide bonds. The van der Waals surface area contributed by atoms with E-state index in [1.807, 2.05) is 0 Å². The quantitative estimate of drug-likeness (QED) is 0.731. The molecule has 1 fully saturated rings. The van der Waals surface area contributed by atoms with E-state index in [1.165, 1.54) is 22.5 Å². The summed E-state index contributed by atoms with van der Waals surface area (Å²) >= 11 is 18.3. The highest BCUT2D eigenvalue weighted by molar-refractivity contribution is 7.89. The minimum absolute atomic E-state index is 0.0489. The molecule has 0 aliphatic carbocycles. The number of amides is 1. The highest BCUT2D eigenvalue weighted by atomic mass is 35.5. The van der Waals surface area contributed by atoms with Crippen LogP contribution in [-0.4, -0.2) is 44.9 Å². The van der Waals surface area contributed by atoms with Gasteiger partial charge in [0.25, 0.3) is 0 Å². The molecule has 0 atom stereocenters. The molecule has 1 saturated heterocycles. The maximum atomic E-state index is 12.9. The topological polar surface area (TPSA) is 75.7 Å². The van der Waals surface area contributed by atoms with Crippen molar-refractivity contribution in [3.63, 3.8) is 0 Å². The van der Waals surface area contributed by atoms with Crippen LogP contribution in [0.25, 0.3) is 0 Å². The Bertz CT molecular complexity index is 972. The monoisotopic (exact) mass is 462 g/mol. The summed E-state index contributed by atoms with van der Waals surface area (Å²) in [4.78, 5) is 12.3. The van der Waals surface area contributed by atoms with Crippen LogP contribution < -0.4 is 5.32 Å². The van der Waals surface area contributed by atoms with E-state index >= 15 is 0 Å². The van der Waals surface area contributed by atoms with Crippen molar-refractivity contribution in [3.8, 4) is 0 Å². The first-order chi connectivity index (χ1) is 13.3. The van der Waals surface area contributed by atoms with Crippen molar-refractivity contribution in [2.45, 2.75) is 11.3 Å². The average Bonchev–Trinajstić information content (AvgIpc) is 2.67. The lowest BCUT2D eigenvalue weighted by molar-refractivity contribution is -0.115. The van der Waals surface area contributed by atoms with Gasteiger partial charge in [0, 0.05) is 28.8 Å². The van der Waals surface area contributed by atoms with Crippen LogP contribution >= 0.6 is 34.8 Å². The van der Waals surface area contributed by atoms with Crippen molar-refractivity contribution in [3.05, 3.63) is 57.0 Å². The lowest BCUT2D eigenvalue weighted by Gasteiger charge is -2.26. The Hall–Kier alpha value is -1.35. The van der Waals surface area contributed by atoms with Crippen LogP contribution in [0.2, 0.25) is 15.1 Å². The van der Waals surface area contributed by atoms with Crippen molar-refractivity contribution < 1.29 is 17.9 Å². The number of nitrogens with zero attached hydrogens (tertiary/aromatic N) is 1. The van der Waals surface area contributed by atoms with E-state index in [4.69, 9.17) is 39.5 Å². The van der Waals surface area contributed by atoms with Crippen LogP contribution in [0, 0.1) is 0 Å². The molecule has 0 bridgehead atoms. The second-order valence-corrected chi connectivity index (χ2v) is 9.21. The molecule has 6 nitrogen and oxygen atoms in total. The third-order valence-electron chi connectivity index (χ3n) is 4.20. The number of carbonyl (C=O) groups is 1. The second-order valence-electron chi connectivity index (χ2n) is 6.09. The Morgan fingerprint density at radius 1 is 1.04 bits per heavy atom. The summed E-state index contributed by atoms with van der Waals surface area (Å²) in [6, 6.07) is 9.30. The van der Waals surface area contributed by atoms with E-state index in [1.54, 1.807) is 18.2 Å². The van der Waals surface area contributed by atoms with Gasteiger partial charge in [-0.1, -0.05) is 40.9 Å². The van der Waals surface area contributed by atoms with Crippen molar-refractivity contribution in [1.29, 1.82) is 0 Å². The molecule has 0 spiro atoms. The van der Waals surface area contributed by atoms with E-state index < -0.39 is 10.0 Å². The number of hydrogen-bond donors (Lipinski definition) is 1. The maximum Gasteiger partial charge on any atom is 0.244 e. The number of nitrogens with one attached hydrogen (secondary N) is 1. The van der Waals surface area contributed by atoms with Crippen LogP contribution in [0.15, 0.2) is 41.3 Å². The predicted molar refractivity (Wildman–Crippen MR) is 110 cm³/mol. The SMILES string of the molecule is O=C(Cc1c(Cl)cccc1Cl)Nc1ccc(Cl)c(S(=O)(=O)N2CCOCC2)c1. The zero-order valence-corrected chi connectivity index (χ0v) is 17.7. The predicted octanol–water partition coefficient (Wildman–Crippen LogP) is 3.85. The molecule has 0 radical (unpaired) electrons. The second kappa shape index (κ2) is 8.98. The molecule has 1 N–H and O–H groups in total. The summed E-state index contributed by atoms with van der Waals surface area (Å²) in [5.41, 5.74) is 0.808. The minimum atomic E-state index is -3.80. The molecular weight excluding hydrogens is 447 g/mol. The molecule has 10 heteroatoms. The summed E-state index contributed by atoms with van der Waals surface area (Å²) in [7, 11) is -3.80. The minimum Gasteiger partial charge on any atom is -0.379 e. The Labute approximate surface area is 178 Å². The number of ether oxygens (including phenoxy) is 1.